The van der Waals surface area contributed by atoms with Gasteiger partial charge in [0.25, 0.3) is 0 Å². The summed E-state index contributed by atoms with van der Waals surface area (Å²) < 4.78 is 5.14. The van der Waals surface area contributed by atoms with Crippen molar-refractivity contribution in [1.82, 2.24) is 20.0 Å². The van der Waals surface area contributed by atoms with Gasteiger partial charge in [-0.05, 0) is 12.1 Å². The van der Waals surface area contributed by atoms with Crippen LogP contribution in [0.4, 0.5) is 5.82 Å². The molecule has 1 amide bonds. The Morgan fingerprint density at radius 3 is 2.44 bits per heavy atom. The molecule has 3 heterocycles. The van der Waals surface area contributed by atoms with E-state index >= 15 is 0 Å². The molecular formula is C18H25N5O2. The molecule has 1 saturated heterocycles. The minimum Gasteiger partial charge on any atom is -0.353 e. The Hall–Kier alpha value is -2.44. The van der Waals surface area contributed by atoms with Crippen LogP contribution in [0.15, 0.2) is 22.9 Å². The number of aryl methyl sites for hydroxylation is 1. The molecule has 7 nitrogen and oxygen atoms in total. The number of pyridine rings is 1. The topological polar surface area (TPSA) is 75.4 Å². The van der Waals surface area contributed by atoms with Crippen LogP contribution in [0, 0.1) is 5.41 Å². The van der Waals surface area contributed by atoms with Gasteiger partial charge in [-0.2, -0.15) is 4.98 Å². The number of nitrogens with zero attached hydrogens (tertiary/aromatic N) is 5. The third-order valence-electron chi connectivity index (χ3n) is 4.31. The van der Waals surface area contributed by atoms with Crippen molar-refractivity contribution in [2.45, 2.75) is 34.1 Å². The number of anilines is 1. The average molecular weight is 343 g/mol. The monoisotopic (exact) mass is 343 g/mol. The Morgan fingerprint density at radius 2 is 1.92 bits per heavy atom. The van der Waals surface area contributed by atoms with Crippen molar-refractivity contribution in [1.29, 1.82) is 0 Å². The van der Waals surface area contributed by atoms with Crippen LogP contribution >= 0.6 is 0 Å². The SMILES string of the molecule is CCc1nc(-c2ccc(N3CCN(C(=O)C(C)(C)C)CC3)nc2)no1. The van der Waals surface area contributed by atoms with E-state index in [0.29, 0.717) is 11.7 Å². The summed E-state index contributed by atoms with van der Waals surface area (Å²) in [5.41, 5.74) is 0.512. The largest absolute Gasteiger partial charge is 0.353 e. The highest BCUT2D eigenvalue weighted by molar-refractivity contribution is 5.81. The maximum Gasteiger partial charge on any atom is 0.228 e. The fraction of sp³-hybridized carbons (Fsp3) is 0.556. The van der Waals surface area contributed by atoms with E-state index in [2.05, 4.69) is 20.0 Å². The molecule has 3 rings (SSSR count). The normalized spacial score (nSPS) is 15.5. The van der Waals surface area contributed by atoms with Gasteiger partial charge >= 0.3 is 0 Å². The lowest BCUT2D eigenvalue weighted by Gasteiger charge is -2.38. The summed E-state index contributed by atoms with van der Waals surface area (Å²) in [6.45, 7) is 10.9. The van der Waals surface area contributed by atoms with Crippen molar-refractivity contribution in [2.24, 2.45) is 5.41 Å². The predicted octanol–water partition coefficient (Wildman–Crippen LogP) is 2.39. The number of aromatic nitrogens is 3. The lowest BCUT2D eigenvalue weighted by atomic mass is 9.94. The van der Waals surface area contributed by atoms with Gasteiger partial charge in [-0.3, -0.25) is 4.79 Å². The maximum absolute atomic E-state index is 12.4. The molecule has 134 valence electrons. The maximum atomic E-state index is 12.4. The summed E-state index contributed by atoms with van der Waals surface area (Å²) in [6, 6.07) is 3.93. The first kappa shape index (κ1) is 17.4. The van der Waals surface area contributed by atoms with E-state index in [4.69, 9.17) is 4.52 Å². The second-order valence-corrected chi connectivity index (χ2v) is 7.30. The summed E-state index contributed by atoms with van der Waals surface area (Å²) >= 11 is 0. The Morgan fingerprint density at radius 1 is 1.20 bits per heavy atom. The fourth-order valence-electron chi connectivity index (χ4n) is 2.83. The second-order valence-electron chi connectivity index (χ2n) is 7.30. The zero-order valence-corrected chi connectivity index (χ0v) is 15.3. The number of rotatable bonds is 3. The van der Waals surface area contributed by atoms with Gasteiger partial charge in [0, 0.05) is 49.8 Å². The third-order valence-corrected chi connectivity index (χ3v) is 4.31. The summed E-state index contributed by atoms with van der Waals surface area (Å²) in [5, 5.41) is 3.97. The number of carbonyl (C=O) groups excluding carboxylic acids is 1. The van der Waals surface area contributed by atoms with Gasteiger partial charge in [-0.1, -0.05) is 32.9 Å². The molecule has 0 radical (unpaired) electrons. The predicted molar refractivity (Wildman–Crippen MR) is 95.2 cm³/mol. The van der Waals surface area contributed by atoms with Gasteiger partial charge in [-0.25, -0.2) is 4.98 Å². The first-order valence-corrected chi connectivity index (χ1v) is 8.72. The average Bonchev–Trinajstić information content (AvgIpc) is 3.10. The van der Waals surface area contributed by atoms with Crippen molar-refractivity contribution in [3.63, 3.8) is 0 Å². The van der Waals surface area contributed by atoms with Crippen LogP contribution in [0.5, 0.6) is 0 Å². The van der Waals surface area contributed by atoms with E-state index in [1.165, 1.54) is 0 Å². The van der Waals surface area contributed by atoms with Crippen molar-refractivity contribution < 1.29 is 9.32 Å². The molecule has 0 atom stereocenters. The third kappa shape index (κ3) is 3.81. The number of amides is 1. The molecule has 0 aromatic carbocycles. The Kier molecular flexibility index (Phi) is 4.74. The smallest absolute Gasteiger partial charge is 0.228 e. The molecule has 1 aliphatic rings. The summed E-state index contributed by atoms with van der Waals surface area (Å²) in [5.74, 6) is 2.31. The summed E-state index contributed by atoms with van der Waals surface area (Å²) in [7, 11) is 0. The molecule has 0 bridgehead atoms. The number of piperazine rings is 1. The van der Waals surface area contributed by atoms with Crippen LogP contribution in [0.1, 0.15) is 33.6 Å². The molecule has 0 N–H and O–H groups in total. The standard InChI is InChI=1S/C18H25N5O2/c1-5-15-20-16(21-25-15)13-6-7-14(19-12-13)22-8-10-23(11-9-22)17(24)18(2,3)4/h6-7,12H,5,8-11H2,1-4H3. The summed E-state index contributed by atoms with van der Waals surface area (Å²) in [4.78, 5) is 25.4. The van der Waals surface area contributed by atoms with Gasteiger partial charge in [0.1, 0.15) is 5.82 Å². The Labute approximate surface area is 148 Å². The highest BCUT2D eigenvalue weighted by atomic mass is 16.5. The first-order chi connectivity index (χ1) is 11.9. The number of carbonyl (C=O) groups is 1. The molecule has 0 saturated carbocycles. The van der Waals surface area contributed by atoms with Crippen LogP contribution in [-0.2, 0) is 11.2 Å². The van der Waals surface area contributed by atoms with E-state index in [1.54, 1.807) is 6.20 Å². The highest BCUT2D eigenvalue weighted by Gasteiger charge is 2.29. The van der Waals surface area contributed by atoms with Crippen LogP contribution in [0.2, 0.25) is 0 Å². The number of hydrogen-bond donors (Lipinski definition) is 0. The second kappa shape index (κ2) is 6.82. The Bertz CT molecular complexity index is 725. The van der Waals surface area contributed by atoms with Crippen LogP contribution < -0.4 is 4.90 Å². The molecule has 0 aliphatic carbocycles. The van der Waals surface area contributed by atoms with Gasteiger partial charge in [0.05, 0.1) is 0 Å². The summed E-state index contributed by atoms with van der Waals surface area (Å²) in [6.07, 6.45) is 2.49. The van der Waals surface area contributed by atoms with Crippen LogP contribution in [0.25, 0.3) is 11.4 Å². The molecule has 2 aromatic rings. The van der Waals surface area contributed by atoms with Crippen molar-refractivity contribution in [3.8, 4) is 11.4 Å². The van der Waals surface area contributed by atoms with E-state index in [1.807, 2.05) is 44.7 Å². The lowest BCUT2D eigenvalue weighted by molar-refractivity contribution is -0.139. The molecule has 1 aliphatic heterocycles. The van der Waals surface area contributed by atoms with Gasteiger partial charge in [0.15, 0.2) is 0 Å². The van der Waals surface area contributed by atoms with Crippen molar-refractivity contribution >= 4 is 11.7 Å². The van der Waals surface area contributed by atoms with Gasteiger partial charge in [-0.15, -0.1) is 0 Å². The van der Waals surface area contributed by atoms with E-state index in [-0.39, 0.29) is 11.3 Å². The lowest BCUT2D eigenvalue weighted by Crippen LogP contribution is -2.51. The molecular weight excluding hydrogens is 318 g/mol. The quantitative estimate of drug-likeness (QED) is 0.852. The first-order valence-electron chi connectivity index (χ1n) is 8.72. The van der Waals surface area contributed by atoms with Gasteiger partial charge < -0.3 is 14.3 Å². The molecule has 2 aromatic heterocycles. The van der Waals surface area contributed by atoms with Crippen LogP contribution in [-0.4, -0.2) is 52.1 Å². The Balaban J connectivity index is 1.63. The molecule has 0 spiro atoms. The van der Waals surface area contributed by atoms with Crippen LogP contribution in [0.3, 0.4) is 0 Å². The van der Waals surface area contributed by atoms with E-state index < -0.39 is 0 Å². The highest BCUT2D eigenvalue weighted by Crippen LogP contribution is 2.22. The molecule has 1 fully saturated rings. The minimum atomic E-state index is -0.329. The zero-order chi connectivity index (χ0) is 18.0. The van der Waals surface area contributed by atoms with E-state index in [9.17, 15) is 4.79 Å². The molecule has 7 heteroatoms. The van der Waals surface area contributed by atoms with E-state index in [0.717, 1.165) is 44.0 Å². The van der Waals surface area contributed by atoms with Gasteiger partial charge in [0.2, 0.25) is 17.6 Å². The van der Waals surface area contributed by atoms with Crippen molar-refractivity contribution in [3.05, 3.63) is 24.2 Å². The molecule has 0 unspecified atom stereocenters. The van der Waals surface area contributed by atoms with Crippen molar-refractivity contribution in [2.75, 3.05) is 31.1 Å². The zero-order valence-electron chi connectivity index (χ0n) is 15.3. The number of hydrogen-bond acceptors (Lipinski definition) is 6. The minimum absolute atomic E-state index is 0.208. The molecule has 25 heavy (non-hydrogen) atoms. The fourth-order valence-corrected chi connectivity index (χ4v) is 2.83.